The van der Waals surface area contributed by atoms with Crippen LogP contribution in [0.5, 0.6) is 11.5 Å². The molecule has 5 nitrogen and oxygen atoms in total. The number of thiazole rings is 1. The third-order valence-electron chi connectivity index (χ3n) is 5.20. The fourth-order valence-corrected chi connectivity index (χ4v) is 4.46. The Morgan fingerprint density at radius 2 is 1.67 bits per heavy atom. The van der Waals surface area contributed by atoms with Crippen molar-refractivity contribution in [3.63, 3.8) is 0 Å². The van der Waals surface area contributed by atoms with Crippen molar-refractivity contribution in [2.24, 2.45) is 0 Å². The minimum atomic E-state index is -0.263. The summed E-state index contributed by atoms with van der Waals surface area (Å²) in [7, 11) is 1.64. The number of aromatic nitrogens is 1. The molecular formula is C27H26N2O3S. The number of nitrogens with one attached hydrogen (secondary N) is 1. The molecule has 0 fully saturated rings. The highest BCUT2D eigenvalue weighted by molar-refractivity contribution is 7.13. The SMILES string of the molecule is CCOc1ccccc1-c1nc(CC(=O)NC(c2ccccc2)c2ccc(OC)cc2)cs1. The van der Waals surface area contributed by atoms with Gasteiger partial charge in [0.25, 0.3) is 0 Å². The Kier molecular flexibility index (Phi) is 7.37. The molecule has 1 aromatic heterocycles. The van der Waals surface area contributed by atoms with Crippen molar-refractivity contribution in [3.05, 3.63) is 101 Å². The maximum Gasteiger partial charge on any atom is 0.226 e. The molecule has 1 N–H and O–H groups in total. The Morgan fingerprint density at radius 3 is 2.39 bits per heavy atom. The maximum atomic E-state index is 13.0. The summed E-state index contributed by atoms with van der Waals surface area (Å²) >= 11 is 1.52. The van der Waals surface area contributed by atoms with Crippen molar-refractivity contribution in [2.75, 3.05) is 13.7 Å². The predicted molar refractivity (Wildman–Crippen MR) is 132 cm³/mol. The van der Waals surface area contributed by atoms with E-state index in [-0.39, 0.29) is 18.4 Å². The van der Waals surface area contributed by atoms with Crippen molar-refractivity contribution in [2.45, 2.75) is 19.4 Å². The van der Waals surface area contributed by atoms with E-state index in [0.29, 0.717) is 6.61 Å². The molecule has 4 aromatic rings. The molecule has 0 saturated heterocycles. The summed E-state index contributed by atoms with van der Waals surface area (Å²) in [6, 6.07) is 25.3. The summed E-state index contributed by atoms with van der Waals surface area (Å²) in [5.74, 6) is 1.49. The standard InChI is InChI=1S/C27H26N2O3S/c1-3-32-24-12-8-7-11-23(24)27-28-21(18-33-27)17-25(30)29-26(19-9-5-4-6-10-19)20-13-15-22(31-2)16-14-20/h4-16,18,26H,3,17H2,1-2H3,(H,29,30). The van der Waals surface area contributed by atoms with Gasteiger partial charge in [0.2, 0.25) is 5.91 Å². The van der Waals surface area contributed by atoms with Crippen molar-refractivity contribution in [1.29, 1.82) is 0 Å². The molecule has 6 heteroatoms. The Balaban J connectivity index is 1.51. The van der Waals surface area contributed by atoms with Gasteiger partial charge in [0.05, 0.1) is 37.4 Å². The average molecular weight is 459 g/mol. The number of carbonyl (C=O) groups excluding carboxylic acids is 1. The fraction of sp³-hybridized carbons (Fsp3) is 0.185. The number of ether oxygens (including phenoxy) is 2. The molecular weight excluding hydrogens is 432 g/mol. The van der Waals surface area contributed by atoms with Crippen LogP contribution in [0.4, 0.5) is 0 Å². The van der Waals surface area contributed by atoms with E-state index in [1.54, 1.807) is 7.11 Å². The van der Waals surface area contributed by atoms with Crippen LogP contribution in [-0.4, -0.2) is 24.6 Å². The van der Waals surface area contributed by atoms with Crippen LogP contribution in [0.15, 0.2) is 84.2 Å². The lowest BCUT2D eigenvalue weighted by atomic mass is 9.98. The van der Waals surface area contributed by atoms with Gasteiger partial charge in [-0.25, -0.2) is 4.98 Å². The number of benzene rings is 3. The lowest BCUT2D eigenvalue weighted by Crippen LogP contribution is -2.30. The first-order valence-electron chi connectivity index (χ1n) is 10.8. The van der Waals surface area contributed by atoms with Gasteiger partial charge in [-0.3, -0.25) is 4.79 Å². The third-order valence-corrected chi connectivity index (χ3v) is 6.12. The minimum Gasteiger partial charge on any atom is -0.497 e. The largest absolute Gasteiger partial charge is 0.497 e. The van der Waals surface area contributed by atoms with Gasteiger partial charge in [-0.2, -0.15) is 0 Å². The topological polar surface area (TPSA) is 60.5 Å². The number of amides is 1. The van der Waals surface area contributed by atoms with Gasteiger partial charge in [0, 0.05) is 5.38 Å². The van der Waals surface area contributed by atoms with E-state index in [9.17, 15) is 4.79 Å². The van der Waals surface area contributed by atoms with E-state index in [4.69, 9.17) is 14.5 Å². The lowest BCUT2D eigenvalue weighted by molar-refractivity contribution is -0.121. The summed E-state index contributed by atoms with van der Waals surface area (Å²) in [6.45, 7) is 2.55. The van der Waals surface area contributed by atoms with E-state index in [0.717, 1.165) is 38.9 Å². The van der Waals surface area contributed by atoms with Crippen LogP contribution in [0.2, 0.25) is 0 Å². The maximum absolute atomic E-state index is 13.0. The zero-order chi connectivity index (χ0) is 23.0. The van der Waals surface area contributed by atoms with Crippen LogP contribution in [0.25, 0.3) is 10.6 Å². The molecule has 0 aliphatic heterocycles. The first kappa shape index (κ1) is 22.6. The molecule has 1 unspecified atom stereocenters. The average Bonchev–Trinajstić information content (AvgIpc) is 3.32. The minimum absolute atomic E-state index is 0.0883. The lowest BCUT2D eigenvalue weighted by Gasteiger charge is -2.20. The highest BCUT2D eigenvalue weighted by Crippen LogP contribution is 2.32. The Hall–Kier alpha value is -3.64. The fourth-order valence-electron chi connectivity index (χ4n) is 3.61. The number of para-hydroxylation sites is 1. The molecule has 168 valence electrons. The second-order valence-corrected chi connectivity index (χ2v) is 8.29. The molecule has 1 amide bonds. The van der Waals surface area contributed by atoms with Crippen LogP contribution in [0.1, 0.15) is 29.8 Å². The number of hydrogen-bond donors (Lipinski definition) is 1. The van der Waals surface area contributed by atoms with Gasteiger partial charge in [0.1, 0.15) is 16.5 Å². The molecule has 0 radical (unpaired) electrons. The van der Waals surface area contributed by atoms with Gasteiger partial charge in [-0.1, -0.05) is 54.6 Å². The Morgan fingerprint density at radius 1 is 0.970 bits per heavy atom. The van der Waals surface area contributed by atoms with Crippen molar-refractivity contribution >= 4 is 17.2 Å². The second-order valence-electron chi connectivity index (χ2n) is 7.43. The summed E-state index contributed by atoms with van der Waals surface area (Å²) in [4.78, 5) is 17.7. The monoisotopic (exact) mass is 458 g/mol. The number of methoxy groups -OCH3 is 1. The van der Waals surface area contributed by atoms with Crippen molar-refractivity contribution in [1.82, 2.24) is 10.3 Å². The summed E-state index contributed by atoms with van der Waals surface area (Å²) in [5, 5.41) is 5.95. The summed E-state index contributed by atoms with van der Waals surface area (Å²) < 4.78 is 11.0. The van der Waals surface area contributed by atoms with E-state index >= 15 is 0 Å². The number of carbonyl (C=O) groups is 1. The zero-order valence-electron chi connectivity index (χ0n) is 18.7. The Bertz CT molecular complexity index is 1190. The van der Waals surface area contributed by atoms with Crippen LogP contribution in [0.3, 0.4) is 0 Å². The molecule has 3 aromatic carbocycles. The number of rotatable bonds is 9. The van der Waals surface area contributed by atoms with Crippen LogP contribution >= 0.6 is 11.3 Å². The molecule has 1 heterocycles. The summed E-state index contributed by atoms with van der Waals surface area (Å²) in [5.41, 5.74) is 3.68. The highest BCUT2D eigenvalue weighted by Gasteiger charge is 2.18. The number of nitrogens with zero attached hydrogens (tertiary/aromatic N) is 1. The van der Waals surface area contributed by atoms with E-state index < -0.39 is 0 Å². The second kappa shape index (κ2) is 10.8. The quantitative estimate of drug-likeness (QED) is 0.351. The molecule has 0 aliphatic carbocycles. The number of hydrogen-bond acceptors (Lipinski definition) is 5. The van der Waals surface area contributed by atoms with Crippen LogP contribution < -0.4 is 14.8 Å². The van der Waals surface area contributed by atoms with Gasteiger partial charge >= 0.3 is 0 Å². The van der Waals surface area contributed by atoms with Crippen LogP contribution in [-0.2, 0) is 11.2 Å². The van der Waals surface area contributed by atoms with Crippen LogP contribution in [0, 0.1) is 0 Å². The van der Waals surface area contributed by atoms with Gasteiger partial charge in [0.15, 0.2) is 0 Å². The third kappa shape index (κ3) is 5.59. The van der Waals surface area contributed by atoms with E-state index in [1.165, 1.54) is 11.3 Å². The smallest absolute Gasteiger partial charge is 0.226 e. The van der Waals surface area contributed by atoms with Crippen molar-refractivity contribution in [3.8, 4) is 22.1 Å². The molecule has 0 bridgehead atoms. The predicted octanol–water partition coefficient (Wildman–Crippen LogP) is 5.67. The molecule has 33 heavy (non-hydrogen) atoms. The van der Waals surface area contributed by atoms with E-state index in [1.807, 2.05) is 91.2 Å². The normalized spacial score (nSPS) is 11.6. The molecule has 0 aliphatic rings. The zero-order valence-corrected chi connectivity index (χ0v) is 19.5. The first-order chi connectivity index (χ1) is 16.2. The molecule has 4 rings (SSSR count). The molecule has 0 spiro atoms. The van der Waals surface area contributed by atoms with Gasteiger partial charge < -0.3 is 14.8 Å². The van der Waals surface area contributed by atoms with Gasteiger partial charge in [-0.15, -0.1) is 11.3 Å². The summed E-state index contributed by atoms with van der Waals surface area (Å²) in [6.07, 6.45) is 0.201. The van der Waals surface area contributed by atoms with Crippen molar-refractivity contribution < 1.29 is 14.3 Å². The molecule has 1 atom stereocenters. The Labute approximate surface area is 198 Å². The highest BCUT2D eigenvalue weighted by atomic mass is 32.1. The molecule has 0 saturated carbocycles. The first-order valence-corrected chi connectivity index (χ1v) is 11.7. The van der Waals surface area contributed by atoms with E-state index in [2.05, 4.69) is 5.32 Å². The van der Waals surface area contributed by atoms with Gasteiger partial charge in [-0.05, 0) is 42.3 Å².